The molecule has 222 valence electrons. The number of carbonyl (C=O) groups is 3. The minimum atomic E-state index is -0.966. The van der Waals surface area contributed by atoms with Crippen molar-refractivity contribution in [3.05, 3.63) is 75.1 Å². The fraction of sp³-hybridized carbons (Fsp3) is 0.400. The minimum Gasteiger partial charge on any atom is -0.481 e. The maximum absolute atomic E-state index is 13.5. The van der Waals surface area contributed by atoms with Gasteiger partial charge in [0, 0.05) is 12.7 Å². The number of piperidine rings is 1. The fourth-order valence-corrected chi connectivity index (χ4v) is 5.26. The molecule has 0 radical (unpaired) electrons. The predicted molar refractivity (Wildman–Crippen MR) is 157 cm³/mol. The number of pyridine rings is 1. The van der Waals surface area contributed by atoms with Gasteiger partial charge in [-0.1, -0.05) is 12.1 Å². The number of aryl methyl sites for hydroxylation is 2. The molecular weight excluding hydrogens is 540 g/mol. The van der Waals surface area contributed by atoms with E-state index < -0.39 is 29.1 Å². The maximum atomic E-state index is 13.5. The lowest BCUT2D eigenvalue weighted by atomic mass is 9.96. The average Bonchev–Trinajstić information content (AvgIpc) is 2.88. The van der Waals surface area contributed by atoms with Crippen LogP contribution in [-0.4, -0.2) is 54.7 Å². The predicted octanol–water partition coefficient (Wildman–Crippen LogP) is 4.17. The maximum Gasteiger partial charge on any atom is 0.410 e. The zero-order valence-electron chi connectivity index (χ0n) is 24.4. The molecule has 2 amide bonds. The van der Waals surface area contributed by atoms with E-state index in [-0.39, 0.29) is 23.8 Å². The third-order valence-corrected chi connectivity index (χ3v) is 6.91. The molecule has 0 unspecified atom stereocenters. The molecule has 12 nitrogen and oxygen atoms in total. The van der Waals surface area contributed by atoms with Crippen LogP contribution in [0.1, 0.15) is 78.7 Å². The Hall–Kier alpha value is -4.74. The highest BCUT2D eigenvalue weighted by Gasteiger charge is 2.32. The van der Waals surface area contributed by atoms with Crippen LogP contribution in [0.5, 0.6) is 0 Å². The topological polar surface area (TPSA) is 170 Å². The number of hydrogen-bond donors (Lipinski definition) is 3. The number of carbonyl (C=O) groups excluding carboxylic acids is 2. The fourth-order valence-electron chi connectivity index (χ4n) is 5.26. The molecular formula is C30H36N6O6. The van der Waals surface area contributed by atoms with Crippen LogP contribution in [0, 0.1) is 13.8 Å². The van der Waals surface area contributed by atoms with E-state index in [0.717, 1.165) is 18.4 Å². The molecule has 2 aromatic heterocycles. The highest BCUT2D eigenvalue weighted by atomic mass is 16.6. The van der Waals surface area contributed by atoms with Gasteiger partial charge in [0.15, 0.2) is 0 Å². The van der Waals surface area contributed by atoms with Crippen molar-refractivity contribution in [3.63, 3.8) is 0 Å². The van der Waals surface area contributed by atoms with E-state index in [4.69, 9.17) is 15.6 Å². The van der Waals surface area contributed by atoms with E-state index in [1.165, 1.54) is 17.1 Å². The number of hydrogen-bond acceptors (Lipinski definition) is 8. The molecule has 0 spiro atoms. The quantitative estimate of drug-likeness (QED) is 0.390. The van der Waals surface area contributed by atoms with Crippen LogP contribution in [0.15, 0.2) is 41.7 Å². The Balaban J connectivity index is 1.63. The molecule has 1 fully saturated rings. The molecule has 1 aromatic carbocycles. The Morgan fingerprint density at radius 1 is 1.12 bits per heavy atom. The molecule has 3 heterocycles. The number of aromatic nitrogens is 3. The van der Waals surface area contributed by atoms with Gasteiger partial charge in [0.05, 0.1) is 30.0 Å². The molecule has 1 aliphatic heterocycles. The van der Waals surface area contributed by atoms with Crippen molar-refractivity contribution in [2.75, 3.05) is 17.6 Å². The van der Waals surface area contributed by atoms with Crippen molar-refractivity contribution in [2.45, 2.75) is 71.9 Å². The summed E-state index contributed by atoms with van der Waals surface area (Å²) in [6.07, 6.45) is 6.26. The lowest BCUT2D eigenvalue weighted by molar-refractivity contribution is -0.136. The van der Waals surface area contributed by atoms with E-state index in [1.807, 2.05) is 20.8 Å². The van der Waals surface area contributed by atoms with Crippen molar-refractivity contribution in [1.29, 1.82) is 0 Å². The first-order chi connectivity index (χ1) is 19.7. The summed E-state index contributed by atoms with van der Waals surface area (Å²) < 4.78 is 6.84. The Bertz CT molecular complexity index is 1570. The van der Waals surface area contributed by atoms with Crippen LogP contribution >= 0.6 is 0 Å². The van der Waals surface area contributed by atoms with Crippen LogP contribution in [0.3, 0.4) is 0 Å². The molecule has 42 heavy (non-hydrogen) atoms. The molecule has 4 rings (SSSR count). The highest BCUT2D eigenvalue weighted by Crippen LogP contribution is 2.33. The molecule has 12 heteroatoms. The summed E-state index contributed by atoms with van der Waals surface area (Å²) in [4.78, 5) is 61.1. The Kier molecular flexibility index (Phi) is 8.64. The number of nitrogen functional groups attached to an aromatic ring is 1. The van der Waals surface area contributed by atoms with E-state index in [2.05, 4.69) is 15.3 Å². The van der Waals surface area contributed by atoms with Crippen molar-refractivity contribution in [2.24, 2.45) is 0 Å². The third-order valence-electron chi connectivity index (χ3n) is 6.91. The summed E-state index contributed by atoms with van der Waals surface area (Å²) in [6, 6.07) is 4.80. The molecule has 0 bridgehead atoms. The number of amides is 2. The summed E-state index contributed by atoms with van der Waals surface area (Å²) in [6.45, 7) is 9.49. The van der Waals surface area contributed by atoms with Gasteiger partial charge in [-0.05, 0) is 82.2 Å². The Labute approximate surface area is 243 Å². The Morgan fingerprint density at radius 2 is 1.81 bits per heavy atom. The second kappa shape index (κ2) is 12.0. The summed E-state index contributed by atoms with van der Waals surface area (Å²) in [5.41, 5.74) is 7.76. The zero-order valence-corrected chi connectivity index (χ0v) is 24.4. The molecule has 1 atom stereocenters. The van der Waals surface area contributed by atoms with Crippen LogP contribution in [0.2, 0.25) is 0 Å². The number of anilines is 2. The first kappa shape index (κ1) is 30.2. The van der Waals surface area contributed by atoms with Gasteiger partial charge < -0.3 is 25.8 Å². The molecule has 0 saturated carbocycles. The van der Waals surface area contributed by atoms with Crippen molar-refractivity contribution in [3.8, 4) is 5.69 Å². The van der Waals surface area contributed by atoms with Gasteiger partial charge in [0.2, 0.25) is 0 Å². The smallest absolute Gasteiger partial charge is 0.410 e. The zero-order chi connectivity index (χ0) is 30.8. The molecule has 4 N–H and O–H groups in total. The number of rotatable bonds is 6. The third kappa shape index (κ3) is 6.76. The Morgan fingerprint density at radius 3 is 2.45 bits per heavy atom. The van der Waals surface area contributed by atoms with Gasteiger partial charge in [0.25, 0.3) is 11.5 Å². The number of aliphatic carboxylic acids is 1. The lowest BCUT2D eigenvalue weighted by Gasteiger charge is -2.37. The van der Waals surface area contributed by atoms with E-state index in [1.54, 1.807) is 43.1 Å². The number of likely N-dealkylation sites (tertiary alicyclic amines) is 1. The number of carboxylic acid groups (broad SMARTS) is 1. The summed E-state index contributed by atoms with van der Waals surface area (Å²) in [5.74, 6) is -1.96. The average molecular weight is 577 g/mol. The number of nitrogens with two attached hydrogens (primary N) is 1. The van der Waals surface area contributed by atoms with Crippen LogP contribution in [0.25, 0.3) is 5.69 Å². The van der Waals surface area contributed by atoms with Crippen molar-refractivity contribution in [1.82, 2.24) is 19.4 Å². The number of nitrogens with zero attached hydrogens (tertiary/aromatic N) is 4. The van der Waals surface area contributed by atoms with Crippen LogP contribution in [-0.2, 0) is 16.0 Å². The minimum absolute atomic E-state index is 0.159. The van der Waals surface area contributed by atoms with E-state index in [0.29, 0.717) is 41.0 Å². The number of benzene rings is 1. The summed E-state index contributed by atoms with van der Waals surface area (Å²) >= 11 is 0. The van der Waals surface area contributed by atoms with Gasteiger partial charge in [-0.3, -0.25) is 23.9 Å². The van der Waals surface area contributed by atoms with Gasteiger partial charge in [0.1, 0.15) is 23.3 Å². The summed E-state index contributed by atoms with van der Waals surface area (Å²) in [5, 5.41) is 11.9. The van der Waals surface area contributed by atoms with Gasteiger partial charge in [-0.2, -0.15) is 0 Å². The first-order valence-electron chi connectivity index (χ1n) is 13.7. The van der Waals surface area contributed by atoms with Crippen LogP contribution < -0.4 is 16.6 Å². The first-order valence-corrected chi connectivity index (χ1v) is 13.7. The molecule has 0 aliphatic carbocycles. The van der Waals surface area contributed by atoms with E-state index in [9.17, 15) is 19.2 Å². The van der Waals surface area contributed by atoms with Gasteiger partial charge >= 0.3 is 12.1 Å². The number of carboxylic acids is 1. The van der Waals surface area contributed by atoms with Crippen molar-refractivity contribution >= 4 is 29.5 Å². The van der Waals surface area contributed by atoms with Gasteiger partial charge in [-0.15, -0.1) is 0 Å². The monoisotopic (exact) mass is 576 g/mol. The second-order valence-corrected chi connectivity index (χ2v) is 11.5. The normalized spacial score (nSPS) is 15.3. The van der Waals surface area contributed by atoms with Crippen molar-refractivity contribution < 1.29 is 24.2 Å². The SMILES string of the molecule is Cc1cc(CC(=O)O)cc(C)c1-n1cnc(N)c(C(=O)Nc2cncc([C@H]3CCCCN3C(=O)OC(C)(C)C)c2)c1=O. The molecule has 1 saturated heterocycles. The highest BCUT2D eigenvalue weighted by molar-refractivity contribution is 6.06. The number of nitrogens with one attached hydrogen (secondary N) is 1. The van der Waals surface area contributed by atoms with E-state index >= 15 is 0 Å². The number of ether oxygens (including phenoxy) is 1. The molecule has 1 aliphatic rings. The standard InChI is InChI=1S/C30H36N6O6/c1-17-10-19(12-23(37)38)11-18(2)25(17)36-16-33-26(31)24(28(36)40)27(39)34-21-13-20(14-32-15-21)22-8-6-7-9-35(22)29(41)42-30(3,4)5/h10-11,13-16,22H,6-9,12,31H2,1-5H3,(H,34,39)(H,37,38)/t22-/m1/s1. The second-order valence-electron chi connectivity index (χ2n) is 11.5. The molecule has 3 aromatic rings. The van der Waals surface area contributed by atoms with Gasteiger partial charge in [-0.25, -0.2) is 9.78 Å². The summed E-state index contributed by atoms with van der Waals surface area (Å²) in [7, 11) is 0. The largest absolute Gasteiger partial charge is 0.481 e. The van der Waals surface area contributed by atoms with Crippen LogP contribution in [0.4, 0.5) is 16.3 Å². The lowest BCUT2D eigenvalue weighted by Crippen LogP contribution is -2.41.